The fourth-order valence-corrected chi connectivity index (χ4v) is 1.04. The number of hydrogen-bond donors (Lipinski definition) is 0. The Kier molecular flexibility index (Phi) is 2.96. The second kappa shape index (κ2) is 4.02. The maximum Gasteiger partial charge on any atom is -0.0376 e. The lowest BCUT2D eigenvalue weighted by atomic mass is 10.1. The average molecular weight is 149 g/mol. The van der Waals surface area contributed by atoms with Crippen molar-refractivity contribution in [3.63, 3.8) is 0 Å². The van der Waals surface area contributed by atoms with Crippen molar-refractivity contribution in [1.82, 2.24) is 0 Å². The van der Waals surface area contributed by atoms with Crippen LogP contribution in [0.15, 0.2) is 35.6 Å². The minimum Gasteiger partial charge on any atom is -0.875 e. The van der Waals surface area contributed by atoms with Crippen molar-refractivity contribution in [2.45, 2.75) is 26.2 Å². The molecule has 0 radical (unpaired) electrons. The summed E-state index contributed by atoms with van der Waals surface area (Å²) in [6.07, 6.45) is 10.3. The molecule has 1 heteroatoms. The lowest BCUT2D eigenvalue weighted by Crippen LogP contribution is -2.05. The Morgan fingerprint density at radius 1 is 1.36 bits per heavy atom. The third-order valence-corrected chi connectivity index (χ3v) is 1.74. The largest absolute Gasteiger partial charge is 0.875 e. The van der Waals surface area contributed by atoms with Gasteiger partial charge in [-0.25, -0.2) is 0 Å². The molecule has 0 N–H and O–H groups in total. The van der Waals surface area contributed by atoms with Gasteiger partial charge in [-0.1, -0.05) is 44.1 Å². The molecule has 0 amide bonds. The van der Waals surface area contributed by atoms with E-state index >= 15 is 0 Å². The van der Waals surface area contributed by atoms with Gasteiger partial charge >= 0.3 is 0 Å². The van der Waals surface area contributed by atoms with Crippen LogP contribution in [-0.2, 0) is 0 Å². The number of rotatable bonds is 3. The smallest absolute Gasteiger partial charge is 0.0376 e. The summed E-state index contributed by atoms with van der Waals surface area (Å²) in [4.78, 5) is 0. The second-order valence-corrected chi connectivity index (χ2v) is 2.70. The molecule has 0 aromatic rings. The van der Waals surface area contributed by atoms with E-state index in [0.717, 1.165) is 18.4 Å². The van der Waals surface area contributed by atoms with Crippen LogP contribution in [0, 0.1) is 0 Å². The van der Waals surface area contributed by atoms with Crippen molar-refractivity contribution < 1.29 is 5.11 Å². The van der Waals surface area contributed by atoms with Gasteiger partial charge < -0.3 is 5.11 Å². The third-order valence-electron chi connectivity index (χ3n) is 1.74. The maximum absolute atomic E-state index is 11.3. The molecule has 0 unspecified atom stereocenters. The van der Waals surface area contributed by atoms with E-state index in [1.54, 1.807) is 0 Å². The van der Waals surface area contributed by atoms with E-state index in [1.165, 1.54) is 0 Å². The van der Waals surface area contributed by atoms with Crippen LogP contribution < -0.4 is 5.11 Å². The van der Waals surface area contributed by atoms with Gasteiger partial charge in [-0.2, -0.15) is 0 Å². The first-order valence-electron chi connectivity index (χ1n) is 4.09. The Morgan fingerprint density at radius 3 is 2.55 bits per heavy atom. The van der Waals surface area contributed by atoms with Gasteiger partial charge in [0.15, 0.2) is 0 Å². The Hall–Kier alpha value is -0.980. The van der Waals surface area contributed by atoms with Crippen LogP contribution in [-0.4, -0.2) is 0 Å². The first-order valence-corrected chi connectivity index (χ1v) is 4.09. The lowest BCUT2D eigenvalue weighted by Gasteiger charge is -2.12. The summed E-state index contributed by atoms with van der Waals surface area (Å²) in [5.74, 6) is 0.275. The zero-order chi connectivity index (χ0) is 8.10. The molecular weight excluding hydrogens is 136 g/mol. The number of hydrogen-bond acceptors (Lipinski definition) is 1. The van der Waals surface area contributed by atoms with E-state index in [-0.39, 0.29) is 5.76 Å². The summed E-state index contributed by atoms with van der Waals surface area (Å²) in [5.41, 5.74) is 0.860. The SMILES string of the molecule is CCCCC([O-])=C1C=CC=C1. The fraction of sp³-hybridized carbons (Fsp3) is 0.400. The van der Waals surface area contributed by atoms with Crippen LogP contribution in [0.25, 0.3) is 0 Å². The highest BCUT2D eigenvalue weighted by molar-refractivity contribution is 5.41. The molecule has 11 heavy (non-hydrogen) atoms. The molecule has 0 aromatic carbocycles. The van der Waals surface area contributed by atoms with E-state index in [1.807, 2.05) is 24.3 Å². The van der Waals surface area contributed by atoms with Crippen molar-refractivity contribution in [3.8, 4) is 0 Å². The van der Waals surface area contributed by atoms with Crippen LogP contribution in [0.5, 0.6) is 0 Å². The van der Waals surface area contributed by atoms with Gasteiger partial charge in [0.1, 0.15) is 0 Å². The predicted octanol–water partition coefficient (Wildman–Crippen LogP) is 1.92. The first-order chi connectivity index (χ1) is 5.34. The van der Waals surface area contributed by atoms with Crippen molar-refractivity contribution in [1.29, 1.82) is 0 Å². The molecule has 0 spiro atoms. The van der Waals surface area contributed by atoms with E-state index in [0.29, 0.717) is 6.42 Å². The zero-order valence-electron chi connectivity index (χ0n) is 6.84. The lowest BCUT2D eigenvalue weighted by molar-refractivity contribution is -0.307. The maximum atomic E-state index is 11.3. The molecule has 60 valence electrons. The van der Waals surface area contributed by atoms with Crippen LogP contribution in [0.3, 0.4) is 0 Å². The number of allylic oxidation sites excluding steroid dienone is 6. The predicted molar refractivity (Wildman–Crippen MR) is 44.8 cm³/mol. The van der Waals surface area contributed by atoms with Crippen molar-refractivity contribution in [3.05, 3.63) is 35.6 Å². The van der Waals surface area contributed by atoms with E-state index in [2.05, 4.69) is 6.92 Å². The van der Waals surface area contributed by atoms with E-state index in [4.69, 9.17) is 0 Å². The van der Waals surface area contributed by atoms with E-state index < -0.39 is 0 Å². The van der Waals surface area contributed by atoms with Crippen molar-refractivity contribution in [2.75, 3.05) is 0 Å². The summed E-state index contributed by atoms with van der Waals surface area (Å²) in [6, 6.07) is 0. The summed E-state index contributed by atoms with van der Waals surface area (Å²) in [5, 5.41) is 11.3. The molecule has 0 heterocycles. The van der Waals surface area contributed by atoms with Crippen molar-refractivity contribution in [2.24, 2.45) is 0 Å². The summed E-state index contributed by atoms with van der Waals surface area (Å²) in [6.45, 7) is 2.10. The highest BCUT2D eigenvalue weighted by Gasteiger charge is 1.93. The van der Waals surface area contributed by atoms with E-state index in [9.17, 15) is 5.11 Å². The molecule has 0 aliphatic heterocycles. The van der Waals surface area contributed by atoms with Gasteiger partial charge in [-0.15, -0.1) is 5.76 Å². The van der Waals surface area contributed by atoms with Gasteiger partial charge in [-0.05, 0) is 12.0 Å². The monoisotopic (exact) mass is 149 g/mol. The van der Waals surface area contributed by atoms with Crippen LogP contribution in [0.1, 0.15) is 26.2 Å². The minimum atomic E-state index is 0.275. The Labute approximate surface area is 67.7 Å². The highest BCUT2D eigenvalue weighted by Crippen LogP contribution is 2.13. The van der Waals surface area contributed by atoms with Gasteiger partial charge in [0.25, 0.3) is 0 Å². The van der Waals surface area contributed by atoms with Gasteiger partial charge in [0.2, 0.25) is 0 Å². The number of unbranched alkanes of at least 4 members (excludes halogenated alkanes) is 1. The Bertz CT molecular complexity index is 195. The van der Waals surface area contributed by atoms with Crippen LogP contribution in [0.2, 0.25) is 0 Å². The normalized spacial score (nSPS) is 14.5. The molecular formula is C10H13O-. The molecule has 0 bridgehead atoms. The molecule has 0 saturated carbocycles. The second-order valence-electron chi connectivity index (χ2n) is 2.70. The van der Waals surface area contributed by atoms with Gasteiger partial charge in [0.05, 0.1) is 0 Å². The molecule has 0 aromatic heterocycles. The summed E-state index contributed by atoms with van der Waals surface area (Å²) in [7, 11) is 0. The van der Waals surface area contributed by atoms with Gasteiger partial charge in [-0.3, -0.25) is 0 Å². The highest BCUT2D eigenvalue weighted by atomic mass is 16.3. The molecule has 1 aliphatic carbocycles. The topological polar surface area (TPSA) is 23.1 Å². The Morgan fingerprint density at radius 2 is 2.00 bits per heavy atom. The standard InChI is InChI=1S/C10H14O/c1-2-3-8-10(11)9-6-4-5-7-9/h4-7,11H,2-3,8H2,1H3/p-1. The van der Waals surface area contributed by atoms with Gasteiger partial charge in [0, 0.05) is 0 Å². The molecule has 0 saturated heterocycles. The summed E-state index contributed by atoms with van der Waals surface area (Å²) >= 11 is 0. The zero-order valence-corrected chi connectivity index (χ0v) is 6.84. The average Bonchev–Trinajstić information content (AvgIpc) is 2.52. The molecule has 1 aliphatic rings. The summed E-state index contributed by atoms with van der Waals surface area (Å²) < 4.78 is 0. The molecule has 1 rings (SSSR count). The van der Waals surface area contributed by atoms with Crippen LogP contribution in [0.4, 0.5) is 0 Å². The first kappa shape index (κ1) is 8.12. The molecule has 1 nitrogen and oxygen atoms in total. The minimum absolute atomic E-state index is 0.275. The van der Waals surface area contributed by atoms with Crippen molar-refractivity contribution >= 4 is 0 Å². The fourth-order valence-electron chi connectivity index (χ4n) is 1.04. The molecule has 0 atom stereocenters. The third kappa shape index (κ3) is 2.26. The van der Waals surface area contributed by atoms with Crippen LogP contribution >= 0.6 is 0 Å². The molecule has 0 fully saturated rings. The Balaban J connectivity index is 2.50. The quantitative estimate of drug-likeness (QED) is 0.562.